The van der Waals surface area contributed by atoms with Crippen molar-refractivity contribution in [2.24, 2.45) is 5.92 Å². The lowest BCUT2D eigenvalue weighted by atomic mass is 10.1. The van der Waals surface area contributed by atoms with Gasteiger partial charge in [-0.25, -0.2) is 0 Å². The Morgan fingerprint density at radius 3 is 3.08 bits per heavy atom. The molecule has 1 atom stereocenters. The van der Waals surface area contributed by atoms with Crippen LogP contribution in [0.2, 0.25) is 0 Å². The van der Waals surface area contributed by atoms with Crippen molar-refractivity contribution < 1.29 is 0 Å². The van der Waals surface area contributed by atoms with Crippen LogP contribution in [0, 0.1) is 5.92 Å². The molecular formula is C8H13N3S. The summed E-state index contributed by atoms with van der Waals surface area (Å²) in [6, 6.07) is 0.623. The Hall–Kier alpha value is -0.640. The van der Waals surface area contributed by atoms with Gasteiger partial charge in [0.1, 0.15) is 5.51 Å². The predicted octanol–water partition coefficient (Wildman–Crippen LogP) is 2.14. The molecule has 12 heavy (non-hydrogen) atoms. The Bertz CT molecular complexity index is 230. The van der Waals surface area contributed by atoms with E-state index in [0.29, 0.717) is 6.04 Å². The van der Waals surface area contributed by atoms with E-state index in [4.69, 9.17) is 0 Å². The van der Waals surface area contributed by atoms with Crippen molar-refractivity contribution in [2.75, 3.05) is 5.32 Å². The summed E-state index contributed by atoms with van der Waals surface area (Å²) in [4.78, 5) is 0. The summed E-state index contributed by atoms with van der Waals surface area (Å²) in [6.07, 6.45) is 3.94. The number of rotatable bonds is 4. The quantitative estimate of drug-likeness (QED) is 0.777. The Kier molecular flexibility index (Phi) is 2.26. The third-order valence-corrected chi connectivity index (χ3v) is 2.92. The molecule has 1 fully saturated rings. The molecule has 1 saturated carbocycles. The number of hydrogen-bond donors (Lipinski definition) is 1. The van der Waals surface area contributed by atoms with E-state index in [2.05, 4.69) is 22.4 Å². The molecule has 1 N–H and O–H groups in total. The molecule has 1 aliphatic rings. The molecule has 0 spiro atoms. The van der Waals surface area contributed by atoms with Gasteiger partial charge in [-0.05, 0) is 25.2 Å². The fourth-order valence-electron chi connectivity index (χ4n) is 1.45. The van der Waals surface area contributed by atoms with Crippen LogP contribution in [0.4, 0.5) is 5.13 Å². The molecule has 0 aliphatic heterocycles. The second kappa shape index (κ2) is 3.39. The molecule has 0 bridgehead atoms. The van der Waals surface area contributed by atoms with Gasteiger partial charge < -0.3 is 5.32 Å². The zero-order chi connectivity index (χ0) is 8.39. The molecular weight excluding hydrogens is 170 g/mol. The van der Waals surface area contributed by atoms with E-state index in [9.17, 15) is 0 Å². The summed E-state index contributed by atoms with van der Waals surface area (Å²) in [5.41, 5.74) is 1.77. The molecule has 1 heterocycles. The van der Waals surface area contributed by atoms with Crippen LogP contribution in [0.25, 0.3) is 0 Å². The van der Waals surface area contributed by atoms with Gasteiger partial charge in [0, 0.05) is 6.04 Å². The van der Waals surface area contributed by atoms with Gasteiger partial charge in [0.25, 0.3) is 0 Å². The molecule has 0 saturated heterocycles. The van der Waals surface area contributed by atoms with Gasteiger partial charge in [0.2, 0.25) is 5.13 Å². The van der Waals surface area contributed by atoms with Gasteiger partial charge in [0.05, 0.1) is 0 Å². The number of nitrogens with one attached hydrogen (secondary N) is 1. The van der Waals surface area contributed by atoms with Crippen LogP contribution in [0.15, 0.2) is 5.51 Å². The summed E-state index contributed by atoms with van der Waals surface area (Å²) >= 11 is 1.58. The SMILES string of the molecule is CCC(Nc1nncs1)C1CC1. The molecule has 0 aromatic carbocycles. The molecule has 1 aliphatic carbocycles. The summed E-state index contributed by atoms with van der Waals surface area (Å²) in [6.45, 7) is 2.22. The molecule has 0 amide bonds. The van der Waals surface area contributed by atoms with Crippen LogP contribution >= 0.6 is 11.3 Å². The highest BCUT2D eigenvalue weighted by molar-refractivity contribution is 7.13. The predicted molar refractivity (Wildman–Crippen MR) is 50.3 cm³/mol. The van der Waals surface area contributed by atoms with Gasteiger partial charge in [-0.1, -0.05) is 18.3 Å². The van der Waals surface area contributed by atoms with E-state index >= 15 is 0 Å². The largest absolute Gasteiger partial charge is 0.357 e. The van der Waals surface area contributed by atoms with Crippen LogP contribution in [0.3, 0.4) is 0 Å². The number of aromatic nitrogens is 2. The number of hydrogen-bond acceptors (Lipinski definition) is 4. The lowest BCUT2D eigenvalue weighted by molar-refractivity contribution is 0.615. The summed E-state index contributed by atoms with van der Waals surface area (Å²) < 4.78 is 0. The molecule has 4 heteroatoms. The van der Waals surface area contributed by atoms with Crippen molar-refractivity contribution in [3.8, 4) is 0 Å². The van der Waals surface area contributed by atoms with Crippen LogP contribution in [-0.4, -0.2) is 16.2 Å². The first-order chi connectivity index (χ1) is 5.90. The first-order valence-electron chi connectivity index (χ1n) is 4.43. The Labute approximate surface area is 76.2 Å². The molecule has 1 unspecified atom stereocenters. The van der Waals surface area contributed by atoms with Gasteiger partial charge in [-0.3, -0.25) is 0 Å². The van der Waals surface area contributed by atoms with Crippen molar-refractivity contribution in [1.82, 2.24) is 10.2 Å². The first-order valence-corrected chi connectivity index (χ1v) is 5.31. The Morgan fingerprint density at radius 2 is 2.58 bits per heavy atom. The molecule has 2 rings (SSSR count). The summed E-state index contributed by atoms with van der Waals surface area (Å²) in [5, 5.41) is 12.1. The highest BCUT2D eigenvalue weighted by Gasteiger charge is 2.30. The average Bonchev–Trinajstić information content (AvgIpc) is 2.80. The van der Waals surface area contributed by atoms with E-state index in [1.165, 1.54) is 19.3 Å². The van der Waals surface area contributed by atoms with Gasteiger partial charge in [0.15, 0.2) is 0 Å². The third-order valence-electron chi connectivity index (χ3n) is 2.30. The summed E-state index contributed by atoms with van der Waals surface area (Å²) in [7, 11) is 0. The Balaban J connectivity index is 1.91. The minimum absolute atomic E-state index is 0.623. The highest BCUT2D eigenvalue weighted by atomic mass is 32.1. The highest BCUT2D eigenvalue weighted by Crippen LogP contribution is 2.35. The molecule has 3 nitrogen and oxygen atoms in total. The van der Waals surface area contributed by atoms with Crippen LogP contribution in [-0.2, 0) is 0 Å². The second-order valence-electron chi connectivity index (χ2n) is 3.24. The fraction of sp³-hybridized carbons (Fsp3) is 0.750. The lowest BCUT2D eigenvalue weighted by Gasteiger charge is -2.13. The van der Waals surface area contributed by atoms with Crippen LogP contribution in [0.1, 0.15) is 26.2 Å². The van der Waals surface area contributed by atoms with Crippen molar-refractivity contribution in [3.63, 3.8) is 0 Å². The van der Waals surface area contributed by atoms with E-state index in [0.717, 1.165) is 11.0 Å². The zero-order valence-electron chi connectivity index (χ0n) is 7.16. The standard InChI is InChI=1S/C8H13N3S/c1-2-7(6-3-4-6)10-8-11-9-5-12-8/h5-7H,2-4H2,1H3,(H,10,11). The maximum Gasteiger partial charge on any atom is 0.205 e. The van der Waals surface area contributed by atoms with Crippen LogP contribution in [0.5, 0.6) is 0 Å². The van der Waals surface area contributed by atoms with Crippen molar-refractivity contribution in [1.29, 1.82) is 0 Å². The Morgan fingerprint density at radius 1 is 1.75 bits per heavy atom. The van der Waals surface area contributed by atoms with Gasteiger partial charge in [-0.2, -0.15) is 0 Å². The van der Waals surface area contributed by atoms with Gasteiger partial charge >= 0.3 is 0 Å². The van der Waals surface area contributed by atoms with Crippen molar-refractivity contribution in [3.05, 3.63) is 5.51 Å². The van der Waals surface area contributed by atoms with Crippen LogP contribution < -0.4 is 5.32 Å². The maximum atomic E-state index is 3.97. The zero-order valence-corrected chi connectivity index (χ0v) is 7.97. The molecule has 0 radical (unpaired) electrons. The van der Waals surface area contributed by atoms with E-state index in [1.807, 2.05) is 0 Å². The molecule has 1 aromatic heterocycles. The fourth-order valence-corrected chi connectivity index (χ4v) is 1.95. The maximum absolute atomic E-state index is 3.97. The normalized spacial score (nSPS) is 19.1. The van der Waals surface area contributed by atoms with Gasteiger partial charge in [-0.15, -0.1) is 10.2 Å². The summed E-state index contributed by atoms with van der Waals surface area (Å²) in [5.74, 6) is 0.888. The smallest absolute Gasteiger partial charge is 0.205 e. The van der Waals surface area contributed by atoms with Crippen molar-refractivity contribution in [2.45, 2.75) is 32.2 Å². The molecule has 1 aromatic rings. The number of anilines is 1. The first kappa shape index (κ1) is 7.98. The van der Waals surface area contributed by atoms with Crippen molar-refractivity contribution >= 4 is 16.5 Å². The minimum atomic E-state index is 0.623. The topological polar surface area (TPSA) is 37.8 Å². The lowest BCUT2D eigenvalue weighted by Crippen LogP contribution is -2.20. The second-order valence-corrected chi connectivity index (χ2v) is 4.07. The monoisotopic (exact) mass is 183 g/mol. The van der Waals surface area contributed by atoms with E-state index in [1.54, 1.807) is 16.8 Å². The number of nitrogens with zero attached hydrogens (tertiary/aromatic N) is 2. The minimum Gasteiger partial charge on any atom is -0.357 e. The van der Waals surface area contributed by atoms with E-state index in [-0.39, 0.29) is 0 Å². The van der Waals surface area contributed by atoms with E-state index < -0.39 is 0 Å². The third kappa shape index (κ3) is 1.75. The molecule has 66 valence electrons. The average molecular weight is 183 g/mol.